The van der Waals surface area contributed by atoms with Crippen LogP contribution in [0.5, 0.6) is 0 Å². The van der Waals surface area contributed by atoms with Gasteiger partial charge in [-0.05, 0) is 13.0 Å². The number of ether oxygens (including phenoxy) is 1. The molecule has 0 aliphatic carbocycles. The second-order valence-electron chi connectivity index (χ2n) is 2.88. The number of hydrogen-bond donors (Lipinski definition) is 1. The van der Waals surface area contributed by atoms with Gasteiger partial charge in [0.2, 0.25) is 0 Å². The van der Waals surface area contributed by atoms with Crippen LogP contribution < -0.4 is 0 Å². The number of carbonyl (C=O) groups excluding carboxylic acids is 3. The first-order valence-corrected chi connectivity index (χ1v) is 4.49. The summed E-state index contributed by atoms with van der Waals surface area (Å²) in [6, 6.07) is 1.40. The third kappa shape index (κ3) is 2.77. The number of H-pyrrole nitrogens is 1. The average Bonchev–Trinajstić information content (AvgIpc) is 2.60. The maximum Gasteiger partial charge on any atom is 0.311 e. The summed E-state index contributed by atoms with van der Waals surface area (Å²) in [6.45, 7) is 1.99. The Morgan fingerprint density at radius 3 is 2.73 bits per heavy atom. The lowest BCUT2D eigenvalue weighted by molar-refractivity contribution is -0.142. The molecule has 0 amide bonds. The van der Waals surface area contributed by atoms with Gasteiger partial charge in [-0.3, -0.25) is 14.4 Å². The Hall–Kier alpha value is -1.91. The normalized spacial score (nSPS) is 9.67. The van der Waals surface area contributed by atoms with E-state index in [-0.39, 0.29) is 18.7 Å². The van der Waals surface area contributed by atoms with Crippen molar-refractivity contribution in [1.29, 1.82) is 0 Å². The van der Waals surface area contributed by atoms with E-state index in [1.807, 2.05) is 0 Å². The van der Waals surface area contributed by atoms with Crippen LogP contribution in [0.4, 0.5) is 0 Å². The summed E-state index contributed by atoms with van der Waals surface area (Å²) >= 11 is 0. The highest BCUT2D eigenvalue weighted by atomic mass is 16.5. The number of hydrogen-bond acceptors (Lipinski definition) is 4. The lowest BCUT2D eigenvalue weighted by Crippen LogP contribution is -2.09. The van der Waals surface area contributed by atoms with Crippen molar-refractivity contribution in [2.24, 2.45) is 0 Å². The number of aromatic amines is 1. The van der Waals surface area contributed by atoms with Crippen LogP contribution >= 0.6 is 0 Å². The first-order chi connectivity index (χ1) is 7.21. The molecule has 1 heterocycles. The minimum atomic E-state index is -0.431. The lowest BCUT2D eigenvalue weighted by Gasteiger charge is -2.00. The monoisotopic (exact) mass is 209 g/mol. The Morgan fingerprint density at radius 2 is 2.20 bits per heavy atom. The maximum atomic E-state index is 11.1. The standard InChI is InChI=1S/C10H11NO4/c1-2-15-10(14)4-9-7(5-12)3-8(6-13)11-9/h3,5-6,11H,2,4H2,1H3. The predicted octanol–water partition coefficient (Wildman–Crippen LogP) is 0.745. The van der Waals surface area contributed by atoms with Crippen molar-refractivity contribution in [2.45, 2.75) is 13.3 Å². The molecule has 0 aliphatic rings. The van der Waals surface area contributed by atoms with E-state index in [1.54, 1.807) is 6.92 Å². The fourth-order valence-electron chi connectivity index (χ4n) is 1.21. The lowest BCUT2D eigenvalue weighted by atomic mass is 10.2. The van der Waals surface area contributed by atoms with Crippen LogP contribution in [0.25, 0.3) is 0 Å². The maximum absolute atomic E-state index is 11.1. The first-order valence-electron chi connectivity index (χ1n) is 4.49. The van der Waals surface area contributed by atoms with E-state index in [0.717, 1.165) is 0 Å². The van der Waals surface area contributed by atoms with Gasteiger partial charge in [0.1, 0.15) is 0 Å². The Labute approximate surface area is 86.4 Å². The molecule has 0 fully saturated rings. The Balaban J connectivity index is 2.83. The van der Waals surface area contributed by atoms with Crippen LogP contribution in [0.15, 0.2) is 6.07 Å². The molecule has 0 saturated heterocycles. The van der Waals surface area contributed by atoms with Gasteiger partial charge >= 0.3 is 5.97 Å². The summed E-state index contributed by atoms with van der Waals surface area (Å²) in [6.07, 6.45) is 1.15. The highest BCUT2D eigenvalue weighted by molar-refractivity contribution is 5.85. The summed E-state index contributed by atoms with van der Waals surface area (Å²) in [7, 11) is 0. The van der Waals surface area contributed by atoms with Gasteiger partial charge in [0, 0.05) is 11.3 Å². The van der Waals surface area contributed by atoms with E-state index < -0.39 is 5.97 Å². The SMILES string of the molecule is CCOC(=O)Cc1[nH]c(C=O)cc1C=O. The molecule has 0 aromatic carbocycles. The second-order valence-corrected chi connectivity index (χ2v) is 2.88. The fourth-order valence-corrected chi connectivity index (χ4v) is 1.21. The molecule has 1 aromatic rings. The fraction of sp³-hybridized carbons (Fsp3) is 0.300. The molecule has 0 saturated carbocycles. The summed E-state index contributed by atoms with van der Waals surface area (Å²) in [5.41, 5.74) is 0.993. The smallest absolute Gasteiger partial charge is 0.311 e. The quantitative estimate of drug-likeness (QED) is 0.573. The van der Waals surface area contributed by atoms with Crippen molar-refractivity contribution in [2.75, 3.05) is 6.61 Å². The number of rotatable bonds is 5. The predicted molar refractivity (Wildman–Crippen MR) is 51.9 cm³/mol. The number of esters is 1. The van der Waals surface area contributed by atoms with E-state index >= 15 is 0 Å². The van der Waals surface area contributed by atoms with Crippen molar-refractivity contribution in [3.8, 4) is 0 Å². The van der Waals surface area contributed by atoms with Crippen LogP contribution in [0, 0.1) is 0 Å². The molecular formula is C10H11NO4. The molecule has 5 nitrogen and oxygen atoms in total. The van der Waals surface area contributed by atoms with E-state index in [2.05, 4.69) is 4.98 Å². The summed E-state index contributed by atoms with van der Waals surface area (Å²) in [5.74, 6) is -0.431. The van der Waals surface area contributed by atoms with Gasteiger partial charge < -0.3 is 9.72 Å². The zero-order valence-corrected chi connectivity index (χ0v) is 8.28. The van der Waals surface area contributed by atoms with Crippen molar-refractivity contribution in [3.63, 3.8) is 0 Å². The van der Waals surface area contributed by atoms with Crippen LogP contribution in [0.2, 0.25) is 0 Å². The van der Waals surface area contributed by atoms with Gasteiger partial charge in [0.15, 0.2) is 12.6 Å². The summed E-state index contributed by atoms with van der Waals surface area (Å²) in [4.78, 5) is 34.8. The van der Waals surface area contributed by atoms with Crippen molar-refractivity contribution < 1.29 is 19.1 Å². The Bertz CT molecular complexity index is 381. The van der Waals surface area contributed by atoms with E-state index in [9.17, 15) is 14.4 Å². The molecule has 1 aromatic heterocycles. The van der Waals surface area contributed by atoms with E-state index in [4.69, 9.17) is 4.74 Å². The van der Waals surface area contributed by atoms with Gasteiger partial charge in [0.05, 0.1) is 18.7 Å². The third-order valence-corrected chi connectivity index (χ3v) is 1.84. The van der Waals surface area contributed by atoms with Gasteiger partial charge in [-0.15, -0.1) is 0 Å². The number of nitrogens with one attached hydrogen (secondary N) is 1. The molecule has 5 heteroatoms. The summed E-state index contributed by atoms with van der Waals surface area (Å²) < 4.78 is 4.73. The highest BCUT2D eigenvalue weighted by Crippen LogP contribution is 2.09. The van der Waals surface area contributed by atoms with Gasteiger partial charge in [-0.2, -0.15) is 0 Å². The molecule has 80 valence electrons. The Morgan fingerprint density at radius 1 is 1.47 bits per heavy atom. The number of aldehydes is 2. The van der Waals surface area contributed by atoms with E-state index in [1.165, 1.54) is 6.07 Å². The minimum Gasteiger partial charge on any atom is -0.466 e. The van der Waals surface area contributed by atoms with Gasteiger partial charge in [0.25, 0.3) is 0 Å². The van der Waals surface area contributed by atoms with Crippen LogP contribution in [0.3, 0.4) is 0 Å². The average molecular weight is 209 g/mol. The molecule has 1 rings (SSSR count). The third-order valence-electron chi connectivity index (χ3n) is 1.84. The molecule has 0 unspecified atom stereocenters. The molecule has 0 aliphatic heterocycles. The van der Waals surface area contributed by atoms with Crippen LogP contribution in [-0.2, 0) is 16.0 Å². The van der Waals surface area contributed by atoms with Crippen molar-refractivity contribution in [3.05, 3.63) is 23.0 Å². The van der Waals surface area contributed by atoms with Gasteiger partial charge in [-0.1, -0.05) is 0 Å². The molecule has 1 N–H and O–H groups in total. The van der Waals surface area contributed by atoms with Crippen molar-refractivity contribution in [1.82, 2.24) is 4.98 Å². The largest absolute Gasteiger partial charge is 0.466 e. The summed E-state index contributed by atoms with van der Waals surface area (Å²) in [5, 5.41) is 0. The van der Waals surface area contributed by atoms with Crippen molar-refractivity contribution >= 4 is 18.5 Å². The number of aromatic nitrogens is 1. The molecule has 0 radical (unpaired) electrons. The molecule has 0 spiro atoms. The zero-order valence-electron chi connectivity index (χ0n) is 8.28. The van der Waals surface area contributed by atoms with E-state index in [0.29, 0.717) is 23.8 Å². The van der Waals surface area contributed by atoms with Gasteiger partial charge in [-0.25, -0.2) is 0 Å². The van der Waals surface area contributed by atoms with Crippen LogP contribution in [-0.4, -0.2) is 30.1 Å². The molecule has 15 heavy (non-hydrogen) atoms. The molecule has 0 atom stereocenters. The zero-order chi connectivity index (χ0) is 11.3. The Kier molecular flexibility index (Phi) is 3.79. The van der Waals surface area contributed by atoms with Crippen LogP contribution in [0.1, 0.15) is 33.5 Å². The second kappa shape index (κ2) is 5.09. The minimum absolute atomic E-state index is 0.0320. The topological polar surface area (TPSA) is 76.2 Å². The first kappa shape index (κ1) is 11.2. The highest BCUT2D eigenvalue weighted by Gasteiger charge is 2.11. The number of carbonyl (C=O) groups is 3. The molecule has 0 bridgehead atoms. The molecular weight excluding hydrogens is 198 g/mol.